The van der Waals surface area contributed by atoms with Crippen molar-refractivity contribution in [3.05, 3.63) is 0 Å². The second-order valence-electron chi connectivity index (χ2n) is 9.46. The van der Waals surface area contributed by atoms with Crippen LogP contribution in [0.25, 0.3) is 0 Å². The van der Waals surface area contributed by atoms with E-state index in [2.05, 4.69) is 0 Å². The van der Waals surface area contributed by atoms with Crippen LogP contribution in [0.3, 0.4) is 0 Å². The van der Waals surface area contributed by atoms with E-state index in [1.54, 1.807) is 13.8 Å². The first-order valence-electron chi connectivity index (χ1n) is 11.7. The Labute approximate surface area is 224 Å². The summed E-state index contributed by atoms with van der Waals surface area (Å²) in [6, 6.07) is 0. The zero-order valence-corrected chi connectivity index (χ0v) is 21.2. The van der Waals surface area contributed by atoms with Gasteiger partial charge in [0.05, 0.1) is 0 Å². The molecule has 0 aliphatic rings. The molecule has 1 atom stereocenters. The van der Waals surface area contributed by atoms with E-state index in [1.807, 2.05) is 0 Å². The van der Waals surface area contributed by atoms with Crippen molar-refractivity contribution in [1.29, 1.82) is 0 Å². The smallest absolute Gasteiger partial charge is 0.200 e. The highest BCUT2D eigenvalue weighted by atomic mass is 19.4. The number of halogens is 21. The van der Waals surface area contributed by atoms with E-state index < -0.39 is 78.7 Å². The van der Waals surface area contributed by atoms with Crippen molar-refractivity contribution in [2.75, 3.05) is 0 Å². The molecule has 0 bridgehead atoms. The molecule has 0 aromatic heterocycles. The van der Waals surface area contributed by atoms with Gasteiger partial charge in [-0.05, 0) is 12.3 Å². The first-order chi connectivity index (χ1) is 18.2. The van der Waals surface area contributed by atoms with Crippen molar-refractivity contribution in [3.8, 4) is 0 Å². The molecule has 0 unspecified atom stereocenters. The first kappa shape index (κ1) is 40.5. The van der Waals surface area contributed by atoms with Crippen LogP contribution < -0.4 is 0 Å². The molecule has 0 spiro atoms. The highest BCUT2D eigenvalue weighted by Crippen LogP contribution is 2.66. The minimum absolute atomic E-state index is 0.0130. The molecule has 0 saturated heterocycles. The van der Waals surface area contributed by atoms with Gasteiger partial charge in [0.15, 0.2) is 0 Å². The summed E-state index contributed by atoms with van der Waals surface area (Å²) >= 11 is 0. The lowest BCUT2D eigenvalue weighted by molar-refractivity contribution is -0.474. The average molecular weight is 674 g/mol. The Morgan fingerprint density at radius 1 is 0.381 bits per heavy atom. The van der Waals surface area contributed by atoms with E-state index >= 15 is 0 Å². The van der Waals surface area contributed by atoms with E-state index in [1.165, 1.54) is 0 Å². The van der Waals surface area contributed by atoms with Gasteiger partial charge in [-0.25, -0.2) is 0 Å². The molecule has 0 nitrogen and oxygen atoms in total. The van der Waals surface area contributed by atoms with Gasteiger partial charge in [-0.1, -0.05) is 52.4 Å². The highest BCUT2D eigenvalue weighted by molar-refractivity contribution is 5.17. The molecule has 0 N–H and O–H groups in total. The molecule has 0 aromatic rings. The van der Waals surface area contributed by atoms with Gasteiger partial charge >= 0.3 is 59.5 Å². The van der Waals surface area contributed by atoms with Crippen LogP contribution in [0.1, 0.15) is 65.2 Å². The zero-order valence-electron chi connectivity index (χ0n) is 21.2. The Kier molecular flexibility index (Phi) is 11.7. The minimum Gasteiger partial charge on any atom is -0.200 e. The Morgan fingerprint density at radius 3 is 1.00 bits per heavy atom. The third kappa shape index (κ3) is 6.20. The maximum absolute atomic E-state index is 13.9. The second kappa shape index (κ2) is 12.1. The minimum atomic E-state index is -9.13. The van der Waals surface area contributed by atoms with Gasteiger partial charge in [0.2, 0.25) is 0 Å². The Hall–Kier alpha value is -1.47. The predicted molar refractivity (Wildman–Crippen MR) is 102 cm³/mol. The van der Waals surface area contributed by atoms with Crippen molar-refractivity contribution in [3.63, 3.8) is 0 Å². The molecule has 0 heterocycles. The molecule has 0 saturated carbocycles. The van der Waals surface area contributed by atoms with E-state index in [-0.39, 0.29) is 12.3 Å². The largest absolute Gasteiger partial charge is 0.460 e. The van der Waals surface area contributed by atoms with Crippen molar-refractivity contribution in [1.82, 2.24) is 0 Å². The number of hydrogen-bond acceptors (Lipinski definition) is 0. The molecule has 0 radical (unpaired) electrons. The maximum atomic E-state index is 13.9. The van der Waals surface area contributed by atoms with Gasteiger partial charge < -0.3 is 0 Å². The molecule has 0 aliphatic carbocycles. The predicted octanol–water partition coefficient (Wildman–Crippen LogP) is 11.0. The lowest BCUT2D eigenvalue weighted by atomic mass is 9.85. The number of unbranched alkanes of at least 4 members (excludes halogenated alkanes) is 2. The van der Waals surface area contributed by atoms with Crippen molar-refractivity contribution in [2.45, 2.75) is 125 Å². The Morgan fingerprint density at radius 2 is 0.690 bits per heavy atom. The fraction of sp³-hybridized carbons (Fsp3) is 1.00. The average Bonchev–Trinajstić information content (AvgIpc) is 2.81. The van der Waals surface area contributed by atoms with Crippen LogP contribution in [0.4, 0.5) is 92.2 Å². The van der Waals surface area contributed by atoms with Gasteiger partial charge in [0.1, 0.15) is 0 Å². The lowest BCUT2D eigenvalue weighted by Crippen LogP contribution is -2.76. The fourth-order valence-corrected chi connectivity index (χ4v) is 3.57. The standard InChI is InChI=1S/C21H23F21/c1-3-5-8-11(4-2)9-6-7-10-12(22,23)13(24,25)14(26,27)15(28,29)16(30,31)17(32,33)18(34,35)19(36,37)20(38,39)21(40,41)42/h11H,3-10H2,1-2H3/t11-/m1/s1. The maximum Gasteiger partial charge on any atom is 0.460 e. The lowest BCUT2D eigenvalue weighted by Gasteiger charge is -2.44. The number of rotatable bonds is 17. The summed E-state index contributed by atoms with van der Waals surface area (Å²) in [5, 5.41) is 0. The molecule has 0 aromatic carbocycles. The van der Waals surface area contributed by atoms with E-state index in [9.17, 15) is 92.2 Å². The van der Waals surface area contributed by atoms with Gasteiger partial charge in [0.25, 0.3) is 0 Å². The zero-order chi connectivity index (χ0) is 34.2. The molecule has 21 heteroatoms. The van der Waals surface area contributed by atoms with E-state index in [0.29, 0.717) is 25.7 Å². The van der Waals surface area contributed by atoms with Crippen LogP contribution in [-0.2, 0) is 0 Å². The number of alkyl halides is 21. The van der Waals surface area contributed by atoms with E-state index in [0.717, 1.165) is 0 Å². The summed E-state index contributed by atoms with van der Waals surface area (Å²) in [5.74, 6) is -76.5. The van der Waals surface area contributed by atoms with Crippen LogP contribution in [-0.4, -0.2) is 59.5 Å². The van der Waals surface area contributed by atoms with Crippen LogP contribution in [0, 0.1) is 5.92 Å². The normalized spacial score (nSPS) is 16.6. The Bertz CT molecular complexity index is 870. The third-order valence-corrected chi connectivity index (χ3v) is 6.47. The molecule has 0 fully saturated rings. The van der Waals surface area contributed by atoms with Crippen LogP contribution >= 0.6 is 0 Å². The monoisotopic (exact) mass is 674 g/mol. The molecule has 0 rings (SSSR count). The summed E-state index contributed by atoms with van der Waals surface area (Å²) < 4.78 is 281. The van der Waals surface area contributed by atoms with Gasteiger partial charge in [-0.15, -0.1) is 0 Å². The second-order valence-corrected chi connectivity index (χ2v) is 9.46. The first-order valence-corrected chi connectivity index (χ1v) is 11.7. The Balaban J connectivity index is 6.46. The summed E-state index contributed by atoms with van der Waals surface area (Å²) in [4.78, 5) is 0. The van der Waals surface area contributed by atoms with Crippen molar-refractivity contribution < 1.29 is 92.2 Å². The third-order valence-electron chi connectivity index (χ3n) is 6.47. The van der Waals surface area contributed by atoms with Crippen molar-refractivity contribution >= 4 is 0 Å². The molecular formula is C21H23F21. The quantitative estimate of drug-likeness (QED) is 0.106. The van der Waals surface area contributed by atoms with Gasteiger partial charge in [-0.3, -0.25) is 0 Å². The molecule has 42 heavy (non-hydrogen) atoms. The topological polar surface area (TPSA) is 0 Å². The van der Waals surface area contributed by atoms with Gasteiger partial charge in [0, 0.05) is 6.42 Å². The highest BCUT2D eigenvalue weighted by Gasteiger charge is 2.97. The SMILES string of the molecule is CCCC[C@@H](CC)CCCCC(F)(F)C(F)(F)C(F)(F)C(F)(F)C(F)(F)C(F)(F)C(F)(F)C(F)(F)C(F)(F)C(F)(F)F. The summed E-state index contributed by atoms with van der Waals surface area (Å²) in [7, 11) is 0. The molecule has 0 amide bonds. The van der Waals surface area contributed by atoms with Crippen LogP contribution in [0.2, 0.25) is 0 Å². The molecular weight excluding hydrogens is 651 g/mol. The number of hydrogen-bond donors (Lipinski definition) is 0. The summed E-state index contributed by atoms with van der Waals surface area (Å²) in [6.07, 6.45) is -9.99. The molecule has 0 aliphatic heterocycles. The summed E-state index contributed by atoms with van der Waals surface area (Å²) in [6.45, 7) is 3.38. The molecule has 254 valence electrons. The van der Waals surface area contributed by atoms with Gasteiger partial charge in [-0.2, -0.15) is 92.2 Å². The fourth-order valence-electron chi connectivity index (χ4n) is 3.57. The summed E-state index contributed by atoms with van der Waals surface area (Å²) in [5.41, 5.74) is 0. The van der Waals surface area contributed by atoms with Crippen LogP contribution in [0.5, 0.6) is 0 Å². The van der Waals surface area contributed by atoms with Crippen molar-refractivity contribution in [2.24, 2.45) is 5.92 Å². The van der Waals surface area contributed by atoms with Crippen LogP contribution in [0.15, 0.2) is 0 Å². The van der Waals surface area contributed by atoms with E-state index in [4.69, 9.17) is 0 Å².